The van der Waals surface area contributed by atoms with Crippen LogP contribution in [0, 0.1) is 0 Å². The van der Waals surface area contributed by atoms with Gasteiger partial charge in [-0.15, -0.1) is 0 Å². The fourth-order valence-corrected chi connectivity index (χ4v) is 4.67. The third kappa shape index (κ3) is 2.19. The van der Waals surface area contributed by atoms with Crippen molar-refractivity contribution in [3.63, 3.8) is 0 Å². The van der Waals surface area contributed by atoms with E-state index in [1.165, 1.54) is 0 Å². The second-order valence-corrected chi connectivity index (χ2v) is 7.87. The molecule has 4 aromatic carbocycles. The molecule has 0 saturated carbocycles. The Balaban J connectivity index is 1.64. The molecule has 146 valence electrons. The van der Waals surface area contributed by atoms with E-state index in [4.69, 9.17) is 9.47 Å². The highest BCUT2D eigenvalue weighted by Crippen LogP contribution is 2.49. The van der Waals surface area contributed by atoms with Crippen molar-refractivity contribution >= 4 is 23.8 Å². The summed E-state index contributed by atoms with van der Waals surface area (Å²) in [6.07, 6.45) is 4.25. The maximum absolute atomic E-state index is 6.84. The number of hydrogen-bond acceptors (Lipinski definition) is 2. The van der Waals surface area contributed by atoms with Crippen LogP contribution >= 0.6 is 0 Å². The highest BCUT2D eigenvalue weighted by atomic mass is 16.7. The summed E-state index contributed by atoms with van der Waals surface area (Å²) in [6, 6.07) is 31.7. The zero-order chi connectivity index (χ0) is 20.4. The Labute approximate surface area is 179 Å². The molecule has 31 heavy (non-hydrogen) atoms. The molecule has 3 aliphatic rings. The number of fused-ring (bicyclic) bond motifs is 4. The van der Waals surface area contributed by atoms with E-state index in [-0.39, 0.29) is 0 Å². The van der Waals surface area contributed by atoms with Gasteiger partial charge in [0.05, 0.1) is 16.7 Å². The first-order valence-corrected chi connectivity index (χ1v) is 10.4. The van der Waals surface area contributed by atoms with E-state index in [0.29, 0.717) is 0 Å². The molecule has 1 unspecified atom stereocenters. The van der Waals surface area contributed by atoms with Crippen molar-refractivity contribution < 1.29 is 18.6 Å². The van der Waals surface area contributed by atoms with Crippen LogP contribution in [0.4, 0.5) is 11.4 Å². The molecule has 7 rings (SSSR count). The van der Waals surface area contributed by atoms with Crippen molar-refractivity contribution in [1.82, 2.24) is 0 Å². The molecule has 0 amide bonds. The molecule has 0 fully saturated rings. The minimum absolute atomic E-state index is 0.786. The molecular formula is C27H18N2O2+2. The van der Waals surface area contributed by atoms with Crippen LogP contribution in [0.3, 0.4) is 0 Å². The number of benzene rings is 4. The van der Waals surface area contributed by atoms with Crippen molar-refractivity contribution in [3.05, 3.63) is 108 Å². The van der Waals surface area contributed by atoms with E-state index < -0.39 is 6.03 Å². The number of rotatable bonds is 1. The highest BCUT2D eigenvalue weighted by molar-refractivity contribution is 5.91. The van der Waals surface area contributed by atoms with Crippen LogP contribution in [-0.2, 0) is 0 Å². The number of ether oxygens (including phenoxy) is 2. The van der Waals surface area contributed by atoms with Gasteiger partial charge in [-0.3, -0.25) is 0 Å². The van der Waals surface area contributed by atoms with Gasteiger partial charge < -0.3 is 9.47 Å². The van der Waals surface area contributed by atoms with Gasteiger partial charge in [-0.25, -0.2) is 0 Å². The van der Waals surface area contributed by atoms with Crippen LogP contribution in [0.2, 0.25) is 0 Å². The maximum Gasteiger partial charge on any atom is 0.714 e. The minimum Gasteiger partial charge on any atom is -0.340 e. The predicted molar refractivity (Wildman–Crippen MR) is 119 cm³/mol. The van der Waals surface area contributed by atoms with Gasteiger partial charge in [-0.2, -0.15) is 0 Å². The van der Waals surface area contributed by atoms with Crippen molar-refractivity contribution in [2.45, 2.75) is 6.03 Å². The average Bonchev–Trinajstić information content (AvgIpc) is 2.94. The van der Waals surface area contributed by atoms with Crippen molar-refractivity contribution in [1.29, 1.82) is 0 Å². The summed E-state index contributed by atoms with van der Waals surface area (Å²) < 4.78 is 17.8. The lowest BCUT2D eigenvalue weighted by atomic mass is 10.00. The van der Waals surface area contributed by atoms with E-state index in [1.807, 2.05) is 36.4 Å². The molecule has 0 saturated heterocycles. The Morgan fingerprint density at radius 1 is 0.548 bits per heavy atom. The van der Waals surface area contributed by atoms with E-state index >= 15 is 0 Å². The molecule has 4 nitrogen and oxygen atoms in total. The normalized spacial score (nSPS) is 19.4. The Morgan fingerprint density at radius 3 is 2.19 bits per heavy atom. The van der Waals surface area contributed by atoms with Gasteiger partial charge >= 0.3 is 6.03 Å². The molecule has 3 heterocycles. The quantitative estimate of drug-likeness (QED) is 0.404. The molecule has 3 aliphatic heterocycles. The minimum atomic E-state index is -1.22. The van der Waals surface area contributed by atoms with Crippen LogP contribution in [0.1, 0.15) is 11.1 Å². The number of hydrogen-bond donors (Lipinski definition) is 0. The summed E-state index contributed by atoms with van der Waals surface area (Å²) in [6.45, 7) is 0. The van der Waals surface area contributed by atoms with Gasteiger partial charge in [-0.05, 0) is 24.3 Å². The largest absolute Gasteiger partial charge is 0.714 e. The predicted octanol–water partition coefficient (Wildman–Crippen LogP) is 5.29. The number of nitrogens with zero attached hydrogens (tertiary/aromatic N) is 2. The summed E-state index contributed by atoms with van der Waals surface area (Å²) >= 11 is 0. The summed E-state index contributed by atoms with van der Waals surface area (Å²) in [7, 11) is 0. The Kier molecular flexibility index (Phi) is 3.17. The fourth-order valence-electron chi connectivity index (χ4n) is 4.67. The zero-order valence-electron chi connectivity index (χ0n) is 16.6. The van der Waals surface area contributed by atoms with E-state index in [2.05, 4.69) is 82.2 Å². The Bertz CT molecular complexity index is 1440. The van der Waals surface area contributed by atoms with Gasteiger partial charge in [0, 0.05) is 23.8 Å². The number of para-hydroxylation sites is 4. The van der Waals surface area contributed by atoms with E-state index in [9.17, 15) is 0 Å². The standard InChI is InChI=1S/C27H18N2O2/c1-2-11-21(12-3-1)28-18-20-10-8-14-23-22-13-5-6-15-24(22)29-17-19-9-4-7-16-25(19)30-27(28,29)31-26(20)23/h1-18H/q+2. The Hall–Kier alpha value is -4.18. The monoisotopic (exact) mass is 402 g/mol. The van der Waals surface area contributed by atoms with Gasteiger partial charge in [-0.1, -0.05) is 63.7 Å². The SMILES string of the molecule is C1=[N+](c2ccccc2)C23Oc4ccccc4C=[N+]2c2ccccc2-c2cccc1c2O3. The molecule has 0 aliphatic carbocycles. The van der Waals surface area contributed by atoms with Crippen LogP contribution in [0.5, 0.6) is 11.5 Å². The lowest BCUT2D eigenvalue weighted by molar-refractivity contribution is -0.854. The van der Waals surface area contributed by atoms with Crippen LogP contribution in [-0.4, -0.2) is 27.6 Å². The topological polar surface area (TPSA) is 24.5 Å². The summed E-state index contributed by atoms with van der Waals surface area (Å²) in [5.74, 6) is 1.62. The first-order chi connectivity index (χ1) is 15.3. The summed E-state index contributed by atoms with van der Waals surface area (Å²) in [5, 5.41) is 0. The van der Waals surface area contributed by atoms with Gasteiger partial charge in [0.15, 0.2) is 23.9 Å². The molecule has 1 spiro atoms. The van der Waals surface area contributed by atoms with Crippen molar-refractivity contribution in [2.75, 3.05) is 0 Å². The summed E-state index contributed by atoms with van der Waals surface area (Å²) in [5.41, 5.74) is 6.22. The molecule has 1 atom stereocenters. The summed E-state index contributed by atoms with van der Waals surface area (Å²) in [4.78, 5) is 0. The molecule has 2 bridgehead atoms. The second-order valence-electron chi connectivity index (χ2n) is 7.87. The first kappa shape index (κ1) is 16.6. The lowest BCUT2D eigenvalue weighted by Gasteiger charge is -2.29. The maximum atomic E-state index is 6.84. The molecule has 0 N–H and O–H groups in total. The third-order valence-electron chi connectivity index (χ3n) is 6.08. The fraction of sp³-hybridized carbons (Fsp3) is 0.0370. The molecule has 4 heteroatoms. The van der Waals surface area contributed by atoms with E-state index in [1.54, 1.807) is 0 Å². The van der Waals surface area contributed by atoms with Gasteiger partial charge in [0.25, 0.3) is 0 Å². The van der Waals surface area contributed by atoms with Crippen LogP contribution in [0.25, 0.3) is 11.1 Å². The molecule has 4 aromatic rings. The Morgan fingerprint density at radius 2 is 1.26 bits per heavy atom. The molecule has 0 aromatic heterocycles. The highest BCUT2D eigenvalue weighted by Gasteiger charge is 2.67. The van der Waals surface area contributed by atoms with E-state index in [0.717, 1.165) is 45.1 Å². The second kappa shape index (κ2) is 5.92. The third-order valence-corrected chi connectivity index (χ3v) is 6.08. The van der Waals surface area contributed by atoms with Crippen LogP contribution in [0.15, 0.2) is 97.1 Å². The van der Waals surface area contributed by atoms with Crippen molar-refractivity contribution in [3.8, 4) is 22.6 Å². The van der Waals surface area contributed by atoms with Crippen molar-refractivity contribution in [2.24, 2.45) is 0 Å². The zero-order valence-corrected chi connectivity index (χ0v) is 16.6. The van der Waals surface area contributed by atoms with Gasteiger partial charge in [0.2, 0.25) is 11.4 Å². The van der Waals surface area contributed by atoms with Gasteiger partial charge in [0.1, 0.15) is 0 Å². The average molecular weight is 402 g/mol. The molecule has 0 radical (unpaired) electrons. The smallest absolute Gasteiger partial charge is 0.340 e. The lowest BCUT2D eigenvalue weighted by Crippen LogP contribution is -2.61. The van der Waals surface area contributed by atoms with Crippen LogP contribution < -0.4 is 9.47 Å². The molecular weight excluding hydrogens is 384 g/mol. The first-order valence-electron chi connectivity index (χ1n) is 10.4.